The Morgan fingerprint density at radius 2 is 1.79 bits per heavy atom. The van der Waals surface area contributed by atoms with Crippen LogP contribution in [-0.2, 0) is 17.8 Å². The van der Waals surface area contributed by atoms with Gasteiger partial charge in [0.15, 0.2) is 0 Å². The quantitative estimate of drug-likeness (QED) is 0.364. The Morgan fingerprint density at radius 1 is 1.09 bits per heavy atom. The summed E-state index contributed by atoms with van der Waals surface area (Å²) in [6.07, 6.45) is 4.16. The summed E-state index contributed by atoms with van der Waals surface area (Å²) in [5.74, 6) is 6.35. The van der Waals surface area contributed by atoms with Crippen molar-refractivity contribution in [1.29, 1.82) is 0 Å². The number of likely N-dealkylation sites (N-methyl/N-ethyl adjacent to an activating group) is 1. The van der Waals surface area contributed by atoms with Gasteiger partial charge in [-0.3, -0.25) is 4.90 Å². The van der Waals surface area contributed by atoms with E-state index in [2.05, 4.69) is 93.2 Å². The molecule has 2 aromatic carbocycles. The number of rotatable bonds is 10. The van der Waals surface area contributed by atoms with E-state index in [1.165, 1.54) is 10.8 Å². The third-order valence-corrected chi connectivity index (χ3v) is 8.18. The minimum absolute atomic E-state index is 0.0235. The molecule has 0 aromatic heterocycles. The molecule has 34 heavy (non-hydrogen) atoms. The smallest absolute Gasteiger partial charge is 0.407 e. The maximum Gasteiger partial charge on any atom is 0.407 e. The number of nitrogens with zero attached hydrogens (tertiary/aromatic N) is 1. The lowest BCUT2D eigenvalue weighted by Crippen LogP contribution is -2.47. The Hall–Kier alpha value is -2.81. The van der Waals surface area contributed by atoms with Crippen molar-refractivity contribution in [2.24, 2.45) is 5.41 Å². The Kier molecular flexibility index (Phi) is 10.6. The molecule has 0 radical (unpaired) electrons. The van der Waals surface area contributed by atoms with Crippen molar-refractivity contribution < 1.29 is 9.53 Å². The van der Waals surface area contributed by atoms with Gasteiger partial charge < -0.3 is 10.1 Å². The fraction of sp³-hybridized carbons (Fsp3) is 0.414. The molecule has 0 aliphatic heterocycles. The van der Waals surface area contributed by atoms with E-state index in [1.54, 1.807) is 0 Å². The molecule has 4 nitrogen and oxygen atoms in total. The average Bonchev–Trinajstić information content (AvgIpc) is 2.80. The zero-order valence-corrected chi connectivity index (χ0v) is 22.7. The van der Waals surface area contributed by atoms with Gasteiger partial charge in [0.2, 0.25) is 0 Å². The van der Waals surface area contributed by atoms with Crippen molar-refractivity contribution in [2.75, 3.05) is 19.3 Å². The van der Waals surface area contributed by atoms with E-state index < -0.39 is 8.07 Å². The summed E-state index contributed by atoms with van der Waals surface area (Å²) in [4.78, 5) is 14.7. The number of hydrogen-bond donors (Lipinski definition) is 1. The van der Waals surface area contributed by atoms with Gasteiger partial charge in [-0.2, -0.15) is 0 Å². The highest BCUT2D eigenvalue weighted by Crippen LogP contribution is 2.11. The van der Waals surface area contributed by atoms with E-state index in [0.29, 0.717) is 12.8 Å². The third-order valence-electron chi connectivity index (χ3n) is 5.41. The third kappa shape index (κ3) is 10.4. The molecule has 1 N–H and O–H groups in total. The van der Waals surface area contributed by atoms with Gasteiger partial charge in [-0.25, -0.2) is 4.79 Å². The summed E-state index contributed by atoms with van der Waals surface area (Å²) in [5.41, 5.74) is 2.31. The number of benzene rings is 2. The van der Waals surface area contributed by atoms with Crippen molar-refractivity contribution >= 4 is 19.4 Å². The van der Waals surface area contributed by atoms with Crippen molar-refractivity contribution in [1.82, 2.24) is 10.2 Å². The second-order valence-electron chi connectivity index (χ2n) is 10.2. The average molecular weight is 477 g/mol. The first-order valence-corrected chi connectivity index (χ1v) is 15.2. The fourth-order valence-electron chi connectivity index (χ4n) is 3.36. The zero-order chi connectivity index (χ0) is 25.0. The highest BCUT2D eigenvalue weighted by atomic mass is 28.3. The number of allylic oxidation sites excluding steroid dienone is 1. The molecular weight excluding hydrogens is 436 g/mol. The van der Waals surface area contributed by atoms with Crippen LogP contribution in [0.2, 0.25) is 13.1 Å². The first-order chi connectivity index (χ1) is 16.1. The number of alkyl carbamates (subject to hydrolysis) is 1. The van der Waals surface area contributed by atoms with Crippen LogP contribution in [0.1, 0.15) is 38.8 Å². The number of carbonyl (C=O) groups excluding carboxylic acids is 1. The van der Waals surface area contributed by atoms with Crippen LogP contribution in [0.5, 0.6) is 0 Å². The first-order valence-electron chi connectivity index (χ1n) is 12.0. The SMILES string of the molecule is CCN(C/C=C/C#CC(C)(C)C)Cc1cccc(CNC(=O)OC[Si](C)(C)c2ccccc2)c1. The van der Waals surface area contributed by atoms with Crippen molar-refractivity contribution in [3.05, 3.63) is 77.9 Å². The van der Waals surface area contributed by atoms with Crippen LogP contribution in [-0.4, -0.2) is 38.4 Å². The van der Waals surface area contributed by atoms with Gasteiger partial charge in [-0.05, 0) is 44.5 Å². The summed E-state index contributed by atoms with van der Waals surface area (Å²) in [6, 6.07) is 18.7. The van der Waals surface area contributed by atoms with Gasteiger partial charge in [-0.15, -0.1) is 0 Å². The molecule has 0 saturated carbocycles. The van der Waals surface area contributed by atoms with Crippen LogP contribution in [0.25, 0.3) is 0 Å². The van der Waals surface area contributed by atoms with Crippen molar-refractivity contribution in [3.8, 4) is 11.8 Å². The van der Waals surface area contributed by atoms with Gasteiger partial charge in [-0.1, -0.05) is 97.7 Å². The number of amides is 1. The molecule has 0 aliphatic carbocycles. The zero-order valence-electron chi connectivity index (χ0n) is 21.7. The molecule has 0 spiro atoms. The molecule has 0 heterocycles. The number of carbonyl (C=O) groups is 1. The standard InChI is InChI=1S/C29H40N2O2Si/c1-7-31(20-13-9-12-19-29(2,3)4)23-26-16-14-15-25(21-26)22-30-28(32)33-24-34(5,6)27-17-10-8-11-18-27/h8-11,13-18,21H,7,20,22-24H2,1-6H3,(H,30,32)/b13-9+. The van der Waals surface area contributed by atoms with E-state index in [1.807, 2.05) is 36.4 Å². The van der Waals surface area contributed by atoms with Crippen LogP contribution in [0, 0.1) is 17.3 Å². The number of nitrogens with one attached hydrogen (secondary N) is 1. The van der Waals surface area contributed by atoms with Crippen molar-refractivity contribution in [3.63, 3.8) is 0 Å². The second kappa shape index (κ2) is 13.2. The van der Waals surface area contributed by atoms with Gasteiger partial charge in [0.05, 0.1) is 6.23 Å². The summed E-state index contributed by atoms with van der Waals surface area (Å²) >= 11 is 0. The lowest BCUT2D eigenvalue weighted by molar-refractivity contribution is 0.162. The lowest BCUT2D eigenvalue weighted by Gasteiger charge is -2.22. The predicted octanol–water partition coefficient (Wildman–Crippen LogP) is 5.50. The first kappa shape index (κ1) is 27.4. The van der Waals surface area contributed by atoms with Gasteiger partial charge >= 0.3 is 6.09 Å². The Balaban J connectivity index is 1.83. The summed E-state index contributed by atoms with van der Waals surface area (Å²) < 4.78 is 5.57. The molecule has 2 aromatic rings. The van der Waals surface area contributed by atoms with Crippen molar-refractivity contribution in [2.45, 2.75) is 53.9 Å². The van der Waals surface area contributed by atoms with Crippen LogP contribution in [0.3, 0.4) is 0 Å². The van der Waals surface area contributed by atoms with E-state index in [-0.39, 0.29) is 11.5 Å². The van der Waals surface area contributed by atoms with Gasteiger partial charge in [0.25, 0.3) is 0 Å². The highest BCUT2D eigenvalue weighted by molar-refractivity contribution is 6.89. The Morgan fingerprint density at radius 3 is 2.47 bits per heavy atom. The van der Waals surface area contributed by atoms with E-state index in [9.17, 15) is 4.79 Å². The predicted molar refractivity (Wildman–Crippen MR) is 146 cm³/mol. The number of hydrogen-bond acceptors (Lipinski definition) is 3. The molecule has 182 valence electrons. The highest BCUT2D eigenvalue weighted by Gasteiger charge is 2.25. The molecule has 1 amide bonds. The minimum atomic E-state index is -1.81. The van der Waals surface area contributed by atoms with E-state index >= 15 is 0 Å². The topological polar surface area (TPSA) is 41.6 Å². The van der Waals surface area contributed by atoms with E-state index in [4.69, 9.17) is 4.74 Å². The van der Waals surface area contributed by atoms with Crippen LogP contribution in [0.4, 0.5) is 4.79 Å². The molecule has 5 heteroatoms. The summed E-state index contributed by atoms with van der Waals surface area (Å²) in [7, 11) is -1.81. The molecule has 0 aliphatic rings. The maximum atomic E-state index is 12.3. The Bertz CT molecular complexity index is 998. The van der Waals surface area contributed by atoms with Crippen LogP contribution >= 0.6 is 0 Å². The number of ether oxygens (including phenoxy) is 1. The molecule has 2 rings (SSSR count). The molecule has 0 bridgehead atoms. The summed E-state index contributed by atoms with van der Waals surface area (Å²) in [6.45, 7) is 16.0. The van der Waals surface area contributed by atoms with Gasteiger partial charge in [0.1, 0.15) is 8.07 Å². The monoisotopic (exact) mass is 476 g/mol. The maximum absolute atomic E-state index is 12.3. The molecule has 0 fully saturated rings. The van der Waals surface area contributed by atoms with Crippen LogP contribution in [0.15, 0.2) is 66.7 Å². The minimum Gasteiger partial charge on any atom is -0.453 e. The molecule has 0 unspecified atom stereocenters. The fourth-order valence-corrected chi connectivity index (χ4v) is 5.12. The molecule has 0 saturated heterocycles. The van der Waals surface area contributed by atoms with Gasteiger partial charge in [0, 0.05) is 25.0 Å². The Labute approximate surface area is 207 Å². The lowest BCUT2D eigenvalue weighted by atomic mass is 9.98. The molecular formula is C29H40N2O2Si. The normalized spacial score (nSPS) is 11.9. The van der Waals surface area contributed by atoms with Crippen LogP contribution < -0.4 is 10.5 Å². The molecule has 0 atom stereocenters. The second-order valence-corrected chi connectivity index (χ2v) is 14.9. The van der Waals surface area contributed by atoms with E-state index in [0.717, 1.165) is 25.2 Å². The largest absolute Gasteiger partial charge is 0.453 e. The summed E-state index contributed by atoms with van der Waals surface area (Å²) in [5, 5.41) is 4.18.